The number of aliphatic carboxylic acids is 1. The smallest absolute Gasteiger partial charge is 0.303 e. The van der Waals surface area contributed by atoms with E-state index in [1.165, 1.54) is 12.1 Å². The first kappa shape index (κ1) is 18.9. The third-order valence-electron chi connectivity index (χ3n) is 4.96. The molecule has 0 aliphatic heterocycles. The molecule has 1 atom stereocenters. The van der Waals surface area contributed by atoms with Crippen LogP contribution in [0.2, 0.25) is 0 Å². The van der Waals surface area contributed by atoms with Crippen LogP contribution < -0.4 is 0 Å². The van der Waals surface area contributed by atoms with Crippen molar-refractivity contribution in [1.82, 2.24) is 0 Å². The van der Waals surface area contributed by atoms with Crippen molar-refractivity contribution in [2.75, 3.05) is 0 Å². The summed E-state index contributed by atoms with van der Waals surface area (Å²) in [7, 11) is 0. The minimum Gasteiger partial charge on any atom is -0.507 e. The maximum Gasteiger partial charge on any atom is 0.303 e. The summed E-state index contributed by atoms with van der Waals surface area (Å²) in [5, 5.41) is 21.4. The van der Waals surface area contributed by atoms with Gasteiger partial charge in [-0.3, -0.25) is 4.79 Å². The van der Waals surface area contributed by atoms with E-state index < -0.39 is 5.97 Å². The van der Waals surface area contributed by atoms with Crippen molar-refractivity contribution in [2.45, 2.75) is 38.0 Å². The fourth-order valence-electron chi connectivity index (χ4n) is 3.55. The summed E-state index contributed by atoms with van der Waals surface area (Å²) < 4.78 is 13.4. The van der Waals surface area contributed by atoms with Crippen LogP contribution in [0.15, 0.2) is 60.7 Å². The van der Waals surface area contributed by atoms with Crippen molar-refractivity contribution in [3.63, 3.8) is 0 Å². The molecule has 0 amide bonds. The topological polar surface area (TPSA) is 57.5 Å². The van der Waals surface area contributed by atoms with E-state index in [-0.39, 0.29) is 23.9 Å². The molecule has 0 radical (unpaired) electrons. The molecule has 0 saturated heterocycles. The Bertz CT molecular complexity index is 919. The van der Waals surface area contributed by atoms with Gasteiger partial charge in [0.25, 0.3) is 0 Å². The van der Waals surface area contributed by atoms with Gasteiger partial charge in [0.2, 0.25) is 0 Å². The number of halogens is 1. The lowest BCUT2D eigenvalue weighted by atomic mass is 9.85. The third-order valence-corrected chi connectivity index (χ3v) is 4.96. The van der Waals surface area contributed by atoms with E-state index in [0.29, 0.717) is 6.42 Å². The normalized spacial score (nSPS) is 12.2. The van der Waals surface area contributed by atoms with Gasteiger partial charge in [0.1, 0.15) is 11.6 Å². The summed E-state index contributed by atoms with van der Waals surface area (Å²) in [6.45, 7) is 0. The van der Waals surface area contributed by atoms with Gasteiger partial charge in [-0.1, -0.05) is 61.4 Å². The molecule has 3 aromatic carbocycles. The number of fused-ring (bicyclic) bond motifs is 1. The number of phenolic OH excluding ortho intramolecular Hbond substituents is 1. The van der Waals surface area contributed by atoms with Crippen molar-refractivity contribution in [3.05, 3.63) is 77.6 Å². The summed E-state index contributed by atoms with van der Waals surface area (Å²) in [5.41, 5.74) is 1.76. The number of rotatable bonds is 8. The van der Waals surface area contributed by atoms with E-state index in [0.717, 1.165) is 41.2 Å². The van der Waals surface area contributed by atoms with E-state index in [1.807, 2.05) is 36.4 Å². The third kappa shape index (κ3) is 4.64. The van der Waals surface area contributed by atoms with Gasteiger partial charge in [-0.15, -0.1) is 0 Å². The Kier molecular flexibility index (Phi) is 6.07. The van der Waals surface area contributed by atoms with Crippen LogP contribution in [-0.2, 0) is 4.79 Å². The van der Waals surface area contributed by atoms with Gasteiger partial charge in [-0.2, -0.15) is 0 Å². The van der Waals surface area contributed by atoms with Crippen LogP contribution in [-0.4, -0.2) is 16.2 Å². The summed E-state index contributed by atoms with van der Waals surface area (Å²) in [6, 6.07) is 18.0. The minimum atomic E-state index is -0.780. The van der Waals surface area contributed by atoms with Gasteiger partial charge in [0.05, 0.1) is 0 Å². The number of carboxylic acids is 1. The van der Waals surface area contributed by atoms with E-state index in [2.05, 4.69) is 0 Å². The molecule has 140 valence electrons. The number of unbranched alkanes of at least 4 members (excludes halogenated alkanes) is 2. The molecule has 2 N–H and O–H groups in total. The standard InChI is InChI=1S/C23H23FO3/c24-18-13-10-17(11-14-18)19(7-2-1-3-9-22(25)26)21-15-12-16-6-4-5-8-20(16)23(21)27/h4-6,8,10-15,19,27H,1-3,7,9H2,(H,25,26). The van der Waals surface area contributed by atoms with Crippen LogP contribution in [0.4, 0.5) is 4.39 Å². The highest BCUT2D eigenvalue weighted by atomic mass is 19.1. The number of phenols is 1. The van der Waals surface area contributed by atoms with Gasteiger partial charge >= 0.3 is 5.97 Å². The van der Waals surface area contributed by atoms with E-state index in [4.69, 9.17) is 5.11 Å². The van der Waals surface area contributed by atoms with Crippen LogP contribution >= 0.6 is 0 Å². The lowest BCUT2D eigenvalue weighted by molar-refractivity contribution is -0.137. The number of benzene rings is 3. The SMILES string of the molecule is O=C(O)CCCCCC(c1ccc(F)cc1)c1ccc2ccccc2c1O. The van der Waals surface area contributed by atoms with Crippen LogP contribution in [0.1, 0.15) is 49.1 Å². The molecular formula is C23H23FO3. The highest BCUT2D eigenvalue weighted by Gasteiger charge is 2.19. The second-order valence-electron chi connectivity index (χ2n) is 6.82. The zero-order valence-corrected chi connectivity index (χ0v) is 15.1. The number of carboxylic acid groups (broad SMARTS) is 1. The molecule has 0 heterocycles. The first-order chi connectivity index (χ1) is 13.1. The van der Waals surface area contributed by atoms with E-state index in [9.17, 15) is 14.3 Å². The van der Waals surface area contributed by atoms with Crippen molar-refractivity contribution < 1.29 is 19.4 Å². The Morgan fingerprint density at radius 3 is 2.41 bits per heavy atom. The molecule has 0 fully saturated rings. The zero-order chi connectivity index (χ0) is 19.2. The molecule has 0 aromatic heterocycles. The molecule has 0 aliphatic carbocycles. The summed E-state index contributed by atoms with van der Waals surface area (Å²) in [5.74, 6) is -0.882. The number of carbonyl (C=O) groups is 1. The van der Waals surface area contributed by atoms with Crippen LogP contribution in [0.5, 0.6) is 5.75 Å². The van der Waals surface area contributed by atoms with E-state index >= 15 is 0 Å². The van der Waals surface area contributed by atoms with Crippen LogP contribution in [0.3, 0.4) is 0 Å². The molecule has 0 bridgehead atoms. The Morgan fingerprint density at radius 2 is 1.67 bits per heavy atom. The number of hydrogen-bond donors (Lipinski definition) is 2. The van der Waals surface area contributed by atoms with Gasteiger partial charge < -0.3 is 10.2 Å². The summed E-state index contributed by atoms with van der Waals surface area (Å²) >= 11 is 0. The largest absolute Gasteiger partial charge is 0.507 e. The van der Waals surface area contributed by atoms with Crippen molar-refractivity contribution in [1.29, 1.82) is 0 Å². The quantitative estimate of drug-likeness (QED) is 0.492. The lowest BCUT2D eigenvalue weighted by Crippen LogP contribution is -2.03. The number of hydrogen-bond acceptors (Lipinski definition) is 2. The molecule has 3 aromatic rings. The first-order valence-corrected chi connectivity index (χ1v) is 9.24. The molecule has 0 spiro atoms. The molecule has 4 heteroatoms. The Hall–Kier alpha value is -2.88. The Labute approximate surface area is 158 Å². The Morgan fingerprint density at radius 1 is 0.926 bits per heavy atom. The maximum absolute atomic E-state index is 13.4. The lowest BCUT2D eigenvalue weighted by Gasteiger charge is -2.20. The van der Waals surface area contributed by atoms with Crippen molar-refractivity contribution >= 4 is 16.7 Å². The predicted octanol–water partition coefficient (Wildman–Crippen LogP) is 5.85. The van der Waals surface area contributed by atoms with Crippen molar-refractivity contribution in [3.8, 4) is 5.75 Å². The molecule has 0 saturated carbocycles. The van der Waals surface area contributed by atoms with Gasteiger partial charge in [-0.05, 0) is 35.9 Å². The molecule has 27 heavy (non-hydrogen) atoms. The molecule has 0 aliphatic rings. The van der Waals surface area contributed by atoms with Crippen LogP contribution in [0, 0.1) is 5.82 Å². The van der Waals surface area contributed by atoms with E-state index in [1.54, 1.807) is 12.1 Å². The predicted molar refractivity (Wildman–Crippen MR) is 105 cm³/mol. The highest BCUT2D eigenvalue weighted by molar-refractivity contribution is 5.89. The Balaban J connectivity index is 1.88. The number of aromatic hydroxyl groups is 1. The maximum atomic E-state index is 13.4. The second kappa shape index (κ2) is 8.67. The average Bonchev–Trinajstić information content (AvgIpc) is 2.66. The first-order valence-electron chi connectivity index (χ1n) is 9.24. The van der Waals surface area contributed by atoms with Crippen molar-refractivity contribution in [2.24, 2.45) is 0 Å². The highest BCUT2D eigenvalue weighted by Crippen LogP contribution is 2.39. The zero-order valence-electron chi connectivity index (χ0n) is 15.1. The fraction of sp³-hybridized carbons (Fsp3) is 0.261. The van der Waals surface area contributed by atoms with Gasteiger partial charge in [-0.25, -0.2) is 4.39 Å². The molecule has 3 rings (SSSR count). The second-order valence-corrected chi connectivity index (χ2v) is 6.82. The summed E-state index contributed by atoms with van der Waals surface area (Å²) in [6.07, 6.45) is 3.20. The fourth-order valence-corrected chi connectivity index (χ4v) is 3.55. The minimum absolute atomic E-state index is 0.0694. The van der Waals surface area contributed by atoms with Crippen LogP contribution in [0.25, 0.3) is 10.8 Å². The molecular weight excluding hydrogens is 343 g/mol. The van der Waals surface area contributed by atoms with Gasteiger partial charge in [0.15, 0.2) is 0 Å². The average molecular weight is 366 g/mol. The molecule has 3 nitrogen and oxygen atoms in total. The monoisotopic (exact) mass is 366 g/mol. The molecule has 1 unspecified atom stereocenters. The van der Waals surface area contributed by atoms with Gasteiger partial charge in [0, 0.05) is 23.3 Å². The summed E-state index contributed by atoms with van der Waals surface area (Å²) in [4.78, 5) is 10.7.